The fourth-order valence-electron chi connectivity index (χ4n) is 3.34. The van der Waals surface area contributed by atoms with Gasteiger partial charge in [0.05, 0.1) is 12.8 Å². The number of hydrogen-bond donors (Lipinski definition) is 1. The zero-order valence-electron chi connectivity index (χ0n) is 14.0. The van der Waals surface area contributed by atoms with Crippen LogP contribution in [0.25, 0.3) is 0 Å². The average molecular weight is 292 g/mol. The first-order valence-corrected chi connectivity index (χ1v) is 8.65. The van der Waals surface area contributed by atoms with Gasteiger partial charge in [-0.3, -0.25) is 4.90 Å². The summed E-state index contributed by atoms with van der Waals surface area (Å²) in [7, 11) is 0. The van der Waals surface area contributed by atoms with E-state index in [4.69, 9.17) is 4.42 Å². The Bertz CT molecular complexity index is 369. The van der Waals surface area contributed by atoms with Gasteiger partial charge in [-0.15, -0.1) is 0 Å². The minimum atomic E-state index is 0.599. The maximum absolute atomic E-state index is 5.38. The summed E-state index contributed by atoms with van der Waals surface area (Å²) in [5.41, 5.74) is 0. The van der Waals surface area contributed by atoms with Crippen molar-refractivity contribution in [1.82, 2.24) is 10.2 Å². The summed E-state index contributed by atoms with van der Waals surface area (Å²) in [5, 5.41) is 3.54. The zero-order valence-corrected chi connectivity index (χ0v) is 14.0. The minimum Gasteiger partial charge on any atom is -0.468 e. The van der Waals surface area contributed by atoms with Gasteiger partial charge in [0, 0.05) is 18.6 Å². The third-order valence-electron chi connectivity index (χ3n) is 4.64. The van der Waals surface area contributed by atoms with Gasteiger partial charge in [0.15, 0.2) is 0 Å². The molecule has 0 aliphatic heterocycles. The van der Waals surface area contributed by atoms with E-state index in [2.05, 4.69) is 31.0 Å². The lowest BCUT2D eigenvalue weighted by Crippen LogP contribution is -2.46. The van der Waals surface area contributed by atoms with Crippen LogP contribution in [0.3, 0.4) is 0 Å². The monoisotopic (exact) mass is 292 g/mol. The standard InChI is InChI=1S/C18H32N2O/c1-15(2)10-11-20(17-7-4-5-8-17)16(3)13-19-14-18-9-6-12-21-18/h6,9,12,15-17,19H,4-5,7-8,10-11,13-14H2,1-3H3. The van der Waals surface area contributed by atoms with Crippen molar-refractivity contribution in [2.24, 2.45) is 5.92 Å². The van der Waals surface area contributed by atoms with Crippen molar-refractivity contribution >= 4 is 0 Å². The lowest BCUT2D eigenvalue weighted by atomic mass is 10.1. The van der Waals surface area contributed by atoms with Crippen LogP contribution in [0.5, 0.6) is 0 Å². The summed E-state index contributed by atoms with van der Waals surface area (Å²) in [5.74, 6) is 1.81. The Labute approximate surface area is 130 Å². The predicted octanol–water partition coefficient (Wildman–Crippen LogP) is 4.05. The molecular weight excluding hydrogens is 260 g/mol. The molecule has 120 valence electrons. The summed E-state index contributed by atoms with van der Waals surface area (Å²) >= 11 is 0. The molecule has 0 amide bonds. The van der Waals surface area contributed by atoms with E-state index in [1.807, 2.05) is 12.1 Å². The Hall–Kier alpha value is -0.800. The molecule has 1 aliphatic carbocycles. The lowest BCUT2D eigenvalue weighted by Gasteiger charge is -2.35. The number of nitrogens with one attached hydrogen (secondary N) is 1. The lowest BCUT2D eigenvalue weighted by molar-refractivity contribution is 0.134. The number of nitrogens with zero attached hydrogens (tertiary/aromatic N) is 1. The maximum atomic E-state index is 5.38. The van der Waals surface area contributed by atoms with Crippen LogP contribution < -0.4 is 5.32 Å². The molecule has 0 aromatic carbocycles. The molecule has 3 nitrogen and oxygen atoms in total. The second kappa shape index (κ2) is 8.60. The molecule has 1 heterocycles. The smallest absolute Gasteiger partial charge is 0.117 e. The van der Waals surface area contributed by atoms with Crippen molar-refractivity contribution in [3.05, 3.63) is 24.2 Å². The topological polar surface area (TPSA) is 28.4 Å². The zero-order chi connectivity index (χ0) is 15.1. The molecule has 1 fully saturated rings. The molecule has 1 aromatic heterocycles. The van der Waals surface area contributed by atoms with Gasteiger partial charge in [0.2, 0.25) is 0 Å². The molecule has 0 bridgehead atoms. The highest BCUT2D eigenvalue weighted by Crippen LogP contribution is 2.25. The first kappa shape index (κ1) is 16.6. The Morgan fingerprint density at radius 2 is 2.05 bits per heavy atom. The van der Waals surface area contributed by atoms with Crippen molar-refractivity contribution in [3.63, 3.8) is 0 Å². The summed E-state index contributed by atoms with van der Waals surface area (Å²) in [6, 6.07) is 5.39. The largest absolute Gasteiger partial charge is 0.468 e. The van der Waals surface area contributed by atoms with Crippen molar-refractivity contribution in [3.8, 4) is 0 Å². The van der Waals surface area contributed by atoms with Crippen molar-refractivity contribution in [1.29, 1.82) is 0 Å². The fraction of sp³-hybridized carbons (Fsp3) is 0.778. The van der Waals surface area contributed by atoms with Crippen LogP contribution in [0.4, 0.5) is 0 Å². The van der Waals surface area contributed by atoms with E-state index in [0.717, 1.165) is 30.8 Å². The number of rotatable bonds is 9. The van der Waals surface area contributed by atoms with Gasteiger partial charge in [-0.2, -0.15) is 0 Å². The third-order valence-corrected chi connectivity index (χ3v) is 4.64. The van der Waals surface area contributed by atoms with E-state index in [9.17, 15) is 0 Å². The molecule has 1 unspecified atom stereocenters. The molecule has 1 saturated carbocycles. The molecular formula is C18H32N2O. The fourth-order valence-corrected chi connectivity index (χ4v) is 3.34. The van der Waals surface area contributed by atoms with Crippen molar-refractivity contribution in [2.45, 2.75) is 71.5 Å². The van der Waals surface area contributed by atoms with Crippen LogP contribution in [-0.2, 0) is 6.54 Å². The van der Waals surface area contributed by atoms with Crippen LogP contribution in [0.2, 0.25) is 0 Å². The van der Waals surface area contributed by atoms with Gasteiger partial charge < -0.3 is 9.73 Å². The Morgan fingerprint density at radius 1 is 1.29 bits per heavy atom. The number of hydrogen-bond acceptors (Lipinski definition) is 3. The van der Waals surface area contributed by atoms with E-state index in [-0.39, 0.29) is 0 Å². The van der Waals surface area contributed by atoms with Crippen LogP contribution >= 0.6 is 0 Å². The Kier molecular flexibility index (Phi) is 6.78. The van der Waals surface area contributed by atoms with Crippen LogP contribution in [-0.4, -0.2) is 30.1 Å². The maximum Gasteiger partial charge on any atom is 0.117 e. The summed E-state index contributed by atoms with van der Waals surface area (Å²) < 4.78 is 5.38. The van der Waals surface area contributed by atoms with Gasteiger partial charge in [-0.1, -0.05) is 26.7 Å². The Balaban J connectivity index is 1.79. The Morgan fingerprint density at radius 3 is 2.67 bits per heavy atom. The first-order chi connectivity index (χ1) is 10.2. The molecule has 0 saturated heterocycles. The molecule has 1 atom stereocenters. The molecule has 0 radical (unpaired) electrons. The van der Waals surface area contributed by atoms with Gasteiger partial charge >= 0.3 is 0 Å². The van der Waals surface area contributed by atoms with Gasteiger partial charge in [-0.05, 0) is 50.8 Å². The molecule has 2 rings (SSSR count). The highest BCUT2D eigenvalue weighted by molar-refractivity contribution is 4.97. The summed E-state index contributed by atoms with van der Waals surface area (Å²) in [4.78, 5) is 2.75. The molecule has 21 heavy (non-hydrogen) atoms. The van der Waals surface area contributed by atoms with Gasteiger partial charge in [-0.25, -0.2) is 0 Å². The van der Waals surface area contributed by atoms with Crippen LogP contribution in [0.1, 0.15) is 58.6 Å². The van der Waals surface area contributed by atoms with E-state index in [0.29, 0.717) is 6.04 Å². The highest BCUT2D eigenvalue weighted by atomic mass is 16.3. The first-order valence-electron chi connectivity index (χ1n) is 8.65. The summed E-state index contributed by atoms with van der Waals surface area (Å²) in [6.45, 7) is 10.1. The van der Waals surface area contributed by atoms with Gasteiger partial charge in [0.1, 0.15) is 5.76 Å². The van der Waals surface area contributed by atoms with E-state index in [1.54, 1.807) is 6.26 Å². The minimum absolute atomic E-state index is 0.599. The predicted molar refractivity (Wildman–Crippen MR) is 88.3 cm³/mol. The van der Waals surface area contributed by atoms with Crippen molar-refractivity contribution < 1.29 is 4.42 Å². The molecule has 3 heteroatoms. The third kappa shape index (κ3) is 5.48. The highest BCUT2D eigenvalue weighted by Gasteiger charge is 2.26. The van der Waals surface area contributed by atoms with Crippen LogP contribution in [0, 0.1) is 5.92 Å². The molecule has 1 N–H and O–H groups in total. The van der Waals surface area contributed by atoms with Crippen LogP contribution in [0.15, 0.2) is 22.8 Å². The molecule has 1 aromatic rings. The quantitative estimate of drug-likeness (QED) is 0.744. The SMILES string of the molecule is CC(C)CCN(C(C)CNCc1ccco1)C1CCCC1. The second-order valence-electron chi connectivity index (χ2n) is 6.92. The molecule has 1 aliphatic rings. The molecule has 0 spiro atoms. The van der Waals surface area contributed by atoms with E-state index in [1.165, 1.54) is 38.6 Å². The normalized spacial score (nSPS) is 18.0. The van der Waals surface area contributed by atoms with E-state index < -0.39 is 0 Å². The van der Waals surface area contributed by atoms with Crippen molar-refractivity contribution in [2.75, 3.05) is 13.1 Å². The number of furan rings is 1. The second-order valence-corrected chi connectivity index (χ2v) is 6.92. The van der Waals surface area contributed by atoms with E-state index >= 15 is 0 Å². The van der Waals surface area contributed by atoms with Gasteiger partial charge in [0.25, 0.3) is 0 Å². The summed E-state index contributed by atoms with van der Waals surface area (Å²) in [6.07, 6.45) is 8.65. The average Bonchev–Trinajstić information content (AvgIpc) is 3.11.